The molecule has 1 amide bonds. The summed E-state index contributed by atoms with van der Waals surface area (Å²) in [5.41, 5.74) is 3.07. The Morgan fingerprint density at radius 3 is 2.48 bits per heavy atom. The second-order valence-corrected chi connectivity index (χ2v) is 7.09. The normalized spacial score (nSPS) is 15.8. The molecule has 2 aromatic rings. The number of hydrogen-bond acceptors (Lipinski definition) is 5. The molecule has 0 radical (unpaired) electrons. The van der Waals surface area contributed by atoms with Gasteiger partial charge in [-0.15, -0.1) is 0 Å². The average molecular weight is 369 g/mol. The summed E-state index contributed by atoms with van der Waals surface area (Å²) in [5.74, 6) is -0.529. The molecule has 0 bridgehead atoms. The van der Waals surface area contributed by atoms with Crippen LogP contribution in [0.5, 0.6) is 0 Å². The molecule has 1 aliphatic heterocycles. The van der Waals surface area contributed by atoms with Gasteiger partial charge < -0.3 is 4.74 Å². The summed E-state index contributed by atoms with van der Waals surface area (Å²) in [4.78, 5) is 26.4. The van der Waals surface area contributed by atoms with Gasteiger partial charge in [0.1, 0.15) is 0 Å². The molecule has 2 aromatic carbocycles. The van der Waals surface area contributed by atoms with Gasteiger partial charge >= 0.3 is 5.97 Å². The molecule has 126 valence electrons. The largest absolute Gasteiger partial charge is 0.465 e. The van der Waals surface area contributed by atoms with Crippen LogP contribution in [-0.4, -0.2) is 23.3 Å². The lowest BCUT2D eigenvalue weighted by atomic mass is 10.1. The number of nitrogens with zero attached hydrogens (tertiary/aromatic N) is 1. The minimum Gasteiger partial charge on any atom is -0.465 e. The van der Waals surface area contributed by atoms with Crippen molar-refractivity contribution in [2.24, 2.45) is 0 Å². The second kappa shape index (κ2) is 7.21. The summed E-state index contributed by atoms with van der Waals surface area (Å²) >= 11 is 6.66. The van der Waals surface area contributed by atoms with Gasteiger partial charge in [-0.3, -0.25) is 9.69 Å². The summed E-state index contributed by atoms with van der Waals surface area (Å²) in [5, 5.41) is 0. The van der Waals surface area contributed by atoms with E-state index in [9.17, 15) is 9.59 Å². The third-order valence-electron chi connectivity index (χ3n) is 3.78. The predicted octanol–water partition coefficient (Wildman–Crippen LogP) is 4.19. The van der Waals surface area contributed by atoms with Gasteiger partial charge in [0.15, 0.2) is 4.32 Å². The Kier molecular flexibility index (Phi) is 5.01. The summed E-state index contributed by atoms with van der Waals surface area (Å²) in [6, 6.07) is 14.5. The van der Waals surface area contributed by atoms with Crippen molar-refractivity contribution in [1.82, 2.24) is 0 Å². The minimum absolute atomic E-state index is 0.138. The first-order valence-electron chi connectivity index (χ1n) is 7.53. The van der Waals surface area contributed by atoms with Crippen molar-refractivity contribution in [3.63, 3.8) is 0 Å². The molecular formula is C19H15NO3S2. The molecule has 0 unspecified atom stereocenters. The number of anilines is 1. The summed E-state index contributed by atoms with van der Waals surface area (Å²) in [6.07, 6.45) is 1.78. The fourth-order valence-corrected chi connectivity index (χ4v) is 3.76. The van der Waals surface area contributed by atoms with Gasteiger partial charge in [0, 0.05) is 0 Å². The lowest BCUT2D eigenvalue weighted by molar-refractivity contribution is -0.113. The van der Waals surface area contributed by atoms with Gasteiger partial charge in [-0.05, 0) is 42.3 Å². The van der Waals surface area contributed by atoms with Crippen LogP contribution >= 0.6 is 24.0 Å². The molecule has 6 heteroatoms. The predicted molar refractivity (Wildman–Crippen MR) is 105 cm³/mol. The molecule has 25 heavy (non-hydrogen) atoms. The van der Waals surface area contributed by atoms with E-state index in [1.54, 1.807) is 35.2 Å². The lowest BCUT2D eigenvalue weighted by Crippen LogP contribution is -2.28. The van der Waals surface area contributed by atoms with Crippen LogP contribution < -0.4 is 4.90 Å². The second-order valence-electron chi connectivity index (χ2n) is 5.42. The fourth-order valence-electron chi connectivity index (χ4n) is 2.47. The van der Waals surface area contributed by atoms with Crippen LogP contribution in [0.4, 0.5) is 5.69 Å². The highest BCUT2D eigenvalue weighted by atomic mass is 32.2. The standard InChI is InChI=1S/C19H15NO3S2/c1-12-5-3-4-6-15(12)20-17(21)16(25-19(20)24)11-13-7-9-14(10-8-13)18(22)23-2/h3-11H,1-2H3. The van der Waals surface area contributed by atoms with Gasteiger partial charge in [0.2, 0.25) is 0 Å². The van der Waals surface area contributed by atoms with Crippen molar-refractivity contribution < 1.29 is 14.3 Å². The molecule has 1 aliphatic rings. The van der Waals surface area contributed by atoms with E-state index < -0.39 is 5.97 Å². The number of carbonyl (C=O) groups excluding carboxylic acids is 2. The number of rotatable bonds is 3. The first-order chi connectivity index (χ1) is 12.0. The highest BCUT2D eigenvalue weighted by Gasteiger charge is 2.33. The molecule has 1 heterocycles. The number of hydrogen-bond donors (Lipinski definition) is 0. The van der Waals surface area contributed by atoms with Crippen LogP contribution in [0.15, 0.2) is 53.4 Å². The Hall–Kier alpha value is -2.44. The molecule has 0 aromatic heterocycles. The van der Waals surface area contributed by atoms with Gasteiger partial charge in [0.25, 0.3) is 5.91 Å². The van der Waals surface area contributed by atoms with Crippen molar-refractivity contribution in [3.05, 3.63) is 70.1 Å². The highest BCUT2D eigenvalue weighted by Crippen LogP contribution is 2.37. The van der Waals surface area contributed by atoms with E-state index in [0.717, 1.165) is 16.8 Å². The Morgan fingerprint density at radius 2 is 1.84 bits per heavy atom. The Morgan fingerprint density at radius 1 is 1.16 bits per heavy atom. The van der Waals surface area contributed by atoms with Gasteiger partial charge in [0.05, 0.1) is 23.3 Å². The monoisotopic (exact) mass is 369 g/mol. The van der Waals surface area contributed by atoms with Crippen LogP contribution in [-0.2, 0) is 9.53 Å². The molecule has 3 rings (SSSR count). The molecule has 0 saturated carbocycles. The van der Waals surface area contributed by atoms with Crippen LogP contribution in [0, 0.1) is 6.92 Å². The van der Waals surface area contributed by atoms with Crippen LogP contribution in [0.3, 0.4) is 0 Å². The number of carbonyl (C=O) groups is 2. The zero-order chi connectivity index (χ0) is 18.0. The van der Waals surface area contributed by atoms with Crippen molar-refractivity contribution in [2.75, 3.05) is 12.0 Å². The molecule has 1 saturated heterocycles. The number of aryl methyl sites for hydroxylation is 1. The maximum atomic E-state index is 12.8. The number of para-hydroxylation sites is 1. The fraction of sp³-hybridized carbons (Fsp3) is 0.105. The number of esters is 1. The maximum Gasteiger partial charge on any atom is 0.337 e. The summed E-state index contributed by atoms with van der Waals surface area (Å²) in [6.45, 7) is 1.95. The molecule has 1 fully saturated rings. The van der Waals surface area contributed by atoms with Crippen molar-refractivity contribution >= 4 is 51.9 Å². The van der Waals surface area contributed by atoms with E-state index >= 15 is 0 Å². The molecule has 0 N–H and O–H groups in total. The van der Waals surface area contributed by atoms with Gasteiger partial charge in [-0.25, -0.2) is 4.79 Å². The third-order valence-corrected chi connectivity index (χ3v) is 5.08. The maximum absolute atomic E-state index is 12.8. The molecule has 0 spiro atoms. The zero-order valence-corrected chi connectivity index (χ0v) is 15.3. The van der Waals surface area contributed by atoms with Gasteiger partial charge in [-0.1, -0.05) is 54.3 Å². The van der Waals surface area contributed by atoms with Crippen molar-refractivity contribution in [1.29, 1.82) is 0 Å². The topological polar surface area (TPSA) is 46.6 Å². The molecule has 0 atom stereocenters. The number of thiocarbonyl (C=S) groups is 1. The highest BCUT2D eigenvalue weighted by molar-refractivity contribution is 8.27. The first kappa shape index (κ1) is 17.4. The Labute approximate surface area is 155 Å². The van der Waals surface area contributed by atoms with Crippen molar-refractivity contribution in [3.8, 4) is 0 Å². The number of thioether (sulfide) groups is 1. The molecule has 0 aliphatic carbocycles. The Bertz CT molecular complexity index is 888. The van der Waals surface area contributed by atoms with Crippen LogP contribution in [0.2, 0.25) is 0 Å². The zero-order valence-electron chi connectivity index (χ0n) is 13.7. The number of amides is 1. The SMILES string of the molecule is COC(=O)c1ccc(C=C2SC(=S)N(c3ccccc3C)C2=O)cc1. The van der Waals surface area contributed by atoms with Crippen LogP contribution in [0.25, 0.3) is 6.08 Å². The van der Waals surface area contributed by atoms with Crippen LogP contribution in [0.1, 0.15) is 21.5 Å². The summed E-state index contributed by atoms with van der Waals surface area (Å²) < 4.78 is 5.19. The lowest BCUT2D eigenvalue weighted by Gasteiger charge is -2.16. The van der Waals surface area contributed by atoms with E-state index in [2.05, 4.69) is 4.74 Å². The van der Waals surface area contributed by atoms with E-state index in [-0.39, 0.29) is 5.91 Å². The molecular weight excluding hydrogens is 354 g/mol. The van der Waals surface area contributed by atoms with E-state index in [1.165, 1.54) is 18.9 Å². The van der Waals surface area contributed by atoms with Crippen molar-refractivity contribution in [2.45, 2.75) is 6.92 Å². The van der Waals surface area contributed by atoms with E-state index in [0.29, 0.717) is 14.8 Å². The summed E-state index contributed by atoms with van der Waals surface area (Å²) in [7, 11) is 1.34. The first-order valence-corrected chi connectivity index (χ1v) is 8.75. The number of methoxy groups -OCH3 is 1. The van der Waals surface area contributed by atoms with E-state index in [4.69, 9.17) is 12.2 Å². The average Bonchev–Trinajstić information content (AvgIpc) is 2.89. The smallest absolute Gasteiger partial charge is 0.337 e. The Balaban J connectivity index is 1.88. The third kappa shape index (κ3) is 3.50. The number of benzene rings is 2. The van der Waals surface area contributed by atoms with Gasteiger partial charge in [-0.2, -0.15) is 0 Å². The minimum atomic E-state index is -0.391. The number of ether oxygens (including phenoxy) is 1. The van der Waals surface area contributed by atoms with E-state index in [1.807, 2.05) is 31.2 Å². The molecule has 4 nitrogen and oxygen atoms in total. The quantitative estimate of drug-likeness (QED) is 0.461.